The van der Waals surface area contributed by atoms with Crippen molar-refractivity contribution in [3.8, 4) is 11.1 Å². The second-order valence-corrected chi connectivity index (χ2v) is 9.81. The molecule has 1 aromatic heterocycles. The molecule has 1 unspecified atom stereocenters. The first-order valence-electron chi connectivity index (χ1n) is 12.9. The molecule has 2 atom stereocenters. The van der Waals surface area contributed by atoms with Gasteiger partial charge in [0.05, 0.1) is 18.8 Å². The fraction of sp³-hybridized carbons (Fsp3) is 0.519. The second-order valence-electron chi connectivity index (χ2n) is 9.81. The first kappa shape index (κ1) is 25.9. The van der Waals surface area contributed by atoms with Gasteiger partial charge in [0.1, 0.15) is 6.23 Å². The van der Waals surface area contributed by atoms with E-state index in [1.165, 1.54) is 7.11 Å². The molecule has 9 nitrogen and oxygen atoms in total. The minimum atomic E-state index is -0.747. The summed E-state index contributed by atoms with van der Waals surface area (Å²) in [5.74, 6) is 0.637. The molecular formula is C27H37N5O4. The van der Waals surface area contributed by atoms with Crippen LogP contribution in [0.4, 0.5) is 16.2 Å². The summed E-state index contributed by atoms with van der Waals surface area (Å²) in [5, 5.41) is 19.8. The van der Waals surface area contributed by atoms with Gasteiger partial charge >= 0.3 is 6.09 Å². The quantitative estimate of drug-likeness (QED) is 0.429. The van der Waals surface area contributed by atoms with E-state index in [0.29, 0.717) is 30.3 Å². The number of methoxy groups -OCH3 is 1. The normalized spacial score (nSPS) is 24.2. The average molecular weight is 496 g/mol. The molecule has 1 saturated carbocycles. The summed E-state index contributed by atoms with van der Waals surface area (Å²) in [6.45, 7) is 0.691. The molecule has 0 saturated heterocycles. The van der Waals surface area contributed by atoms with Gasteiger partial charge in [0.15, 0.2) is 0 Å². The number of rotatable bonds is 4. The number of nitrogens with two attached hydrogens (primary N) is 1. The Balaban J connectivity index is 1.60. The lowest BCUT2D eigenvalue weighted by molar-refractivity contribution is -0.127. The number of carbonyl (C=O) groups excluding carboxylic acids is 2. The number of aliphatic hydroxyl groups excluding tert-OH is 1. The maximum absolute atomic E-state index is 13.2. The summed E-state index contributed by atoms with van der Waals surface area (Å²) in [5.41, 5.74) is 9.64. The lowest BCUT2D eigenvalue weighted by Crippen LogP contribution is -2.37. The number of benzene rings is 1. The number of hydrogen-bond donors (Lipinski definition) is 5. The third-order valence-electron chi connectivity index (χ3n) is 7.31. The number of nitrogens with one attached hydrogen (secondary N) is 3. The van der Waals surface area contributed by atoms with Crippen molar-refractivity contribution in [1.29, 1.82) is 0 Å². The molecule has 2 aromatic rings. The second kappa shape index (κ2) is 12.2. The van der Waals surface area contributed by atoms with Crippen LogP contribution >= 0.6 is 0 Å². The molecule has 6 N–H and O–H groups in total. The van der Waals surface area contributed by atoms with Crippen molar-refractivity contribution >= 4 is 23.4 Å². The number of aromatic nitrogens is 1. The van der Waals surface area contributed by atoms with Crippen molar-refractivity contribution in [3.05, 3.63) is 42.2 Å². The van der Waals surface area contributed by atoms with E-state index < -0.39 is 12.3 Å². The molecule has 0 radical (unpaired) electrons. The number of anilines is 2. The minimum absolute atomic E-state index is 0.0184. The maximum Gasteiger partial charge on any atom is 0.411 e. The molecule has 36 heavy (non-hydrogen) atoms. The van der Waals surface area contributed by atoms with Crippen molar-refractivity contribution in [1.82, 2.24) is 10.3 Å². The van der Waals surface area contributed by atoms with Crippen LogP contribution in [0.2, 0.25) is 0 Å². The summed E-state index contributed by atoms with van der Waals surface area (Å²) in [6.07, 6.45) is 7.13. The Hall–Kier alpha value is -3.17. The lowest BCUT2D eigenvalue weighted by Gasteiger charge is -2.29. The van der Waals surface area contributed by atoms with E-state index in [2.05, 4.69) is 20.9 Å². The Bertz CT molecular complexity index is 1050. The Morgan fingerprint density at radius 3 is 2.64 bits per heavy atom. The van der Waals surface area contributed by atoms with Crippen molar-refractivity contribution in [2.45, 2.75) is 63.6 Å². The molecule has 4 rings (SSSR count). The molecular weight excluding hydrogens is 458 g/mol. The van der Waals surface area contributed by atoms with Crippen molar-refractivity contribution < 1.29 is 19.4 Å². The van der Waals surface area contributed by atoms with E-state index in [1.54, 1.807) is 18.3 Å². The first-order valence-corrected chi connectivity index (χ1v) is 12.9. The van der Waals surface area contributed by atoms with Crippen LogP contribution in [0.5, 0.6) is 0 Å². The SMILES string of the molecule is COC(=O)Nc1ccc2c(c1)NC(O)CCCC[C@H](NC(=O)C1CCC(CN)CC1)c1cc-2ccn1. The topological polar surface area (TPSA) is 139 Å². The summed E-state index contributed by atoms with van der Waals surface area (Å²) < 4.78 is 4.70. The smallest absolute Gasteiger partial charge is 0.411 e. The third-order valence-corrected chi connectivity index (χ3v) is 7.31. The summed E-state index contributed by atoms with van der Waals surface area (Å²) in [4.78, 5) is 29.5. The maximum atomic E-state index is 13.2. The highest BCUT2D eigenvalue weighted by Gasteiger charge is 2.28. The highest BCUT2D eigenvalue weighted by molar-refractivity contribution is 5.88. The zero-order chi connectivity index (χ0) is 25.5. The standard InChI is InChI=1S/C27H37N5O4/c1-36-27(35)30-20-10-11-21-19-12-13-29-24(14-19)22(4-2-3-5-25(33)31-23(21)15-20)32-26(34)18-8-6-17(16-28)7-9-18/h10-15,17-18,22,25,31,33H,2-9,16,28H2,1H3,(H,30,35)(H,32,34)/t17?,18?,22-,25?/m0/s1. The van der Waals surface area contributed by atoms with Crippen LogP contribution in [-0.4, -0.2) is 42.0 Å². The Morgan fingerprint density at radius 2 is 1.89 bits per heavy atom. The number of pyridine rings is 1. The fourth-order valence-electron chi connectivity index (χ4n) is 5.15. The molecule has 2 aliphatic rings. The van der Waals surface area contributed by atoms with E-state index in [0.717, 1.165) is 61.8 Å². The Kier molecular flexibility index (Phi) is 8.77. The summed E-state index contributed by atoms with van der Waals surface area (Å²) in [6, 6.07) is 9.15. The van der Waals surface area contributed by atoms with Gasteiger partial charge in [0, 0.05) is 29.1 Å². The number of nitrogens with zero attached hydrogens (tertiary/aromatic N) is 1. The largest absolute Gasteiger partial charge is 0.453 e. The summed E-state index contributed by atoms with van der Waals surface area (Å²) in [7, 11) is 1.31. The number of amides is 2. The number of fused-ring (bicyclic) bond motifs is 4. The molecule has 0 spiro atoms. The van der Waals surface area contributed by atoms with E-state index in [1.807, 2.05) is 18.2 Å². The molecule has 1 aliphatic carbocycles. The predicted octanol–water partition coefficient (Wildman–Crippen LogP) is 4.15. The molecule has 1 fully saturated rings. The van der Waals surface area contributed by atoms with E-state index >= 15 is 0 Å². The molecule has 2 amide bonds. The van der Waals surface area contributed by atoms with Crippen LogP contribution in [0.15, 0.2) is 36.5 Å². The van der Waals surface area contributed by atoms with E-state index in [-0.39, 0.29) is 17.9 Å². The van der Waals surface area contributed by atoms with Crippen LogP contribution < -0.4 is 21.7 Å². The van der Waals surface area contributed by atoms with Crippen LogP contribution in [0.25, 0.3) is 11.1 Å². The van der Waals surface area contributed by atoms with Gasteiger partial charge in [-0.3, -0.25) is 15.1 Å². The molecule has 2 bridgehead atoms. The summed E-state index contributed by atoms with van der Waals surface area (Å²) >= 11 is 0. The van der Waals surface area contributed by atoms with Gasteiger partial charge in [-0.15, -0.1) is 0 Å². The van der Waals surface area contributed by atoms with Crippen molar-refractivity contribution in [2.75, 3.05) is 24.3 Å². The average Bonchev–Trinajstić information content (AvgIpc) is 2.90. The van der Waals surface area contributed by atoms with Crippen molar-refractivity contribution in [3.63, 3.8) is 0 Å². The van der Waals surface area contributed by atoms with Crippen LogP contribution in [-0.2, 0) is 9.53 Å². The Morgan fingerprint density at radius 1 is 1.11 bits per heavy atom. The van der Waals surface area contributed by atoms with E-state index in [9.17, 15) is 14.7 Å². The molecule has 9 heteroatoms. The molecule has 2 heterocycles. The number of ether oxygens (including phenoxy) is 1. The van der Waals surface area contributed by atoms with Gasteiger partial charge < -0.3 is 26.2 Å². The monoisotopic (exact) mass is 495 g/mol. The fourth-order valence-corrected chi connectivity index (χ4v) is 5.15. The van der Waals surface area contributed by atoms with Crippen LogP contribution in [0.3, 0.4) is 0 Å². The third kappa shape index (κ3) is 6.53. The lowest BCUT2D eigenvalue weighted by atomic mass is 9.81. The Labute approximate surface area is 212 Å². The highest BCUT2D eigenvalue weighted by atomic mass is 16.5. The first-order chi connectivity index (χ1) is 17.5. The minimum Gasteiger partial charge on any atom is -0.453 e. The highest BCUT2D eigenvalue weighted by Crippen LogP contribution is 2.34. The number of hydrogen-bond acceptors (Lipinski definition) is 7. The zero-order valence-electron chi connectivity index (χ0n) is 20.8. The number of aliphatic hydroxyl groups is 1. The van der Waals surface area contributed by atoms with E-state index in [4.69, 9.17) is 10.5 Å². The molecule has 194 valence electrons. The van der Waals surface area contributed by atoms with Gasteiger partial charge in [0.25, 0.3) is 0 Å². The van der Waals surface area contributed by atoms with Gasteiger partial charge in [-0.2, -0.15) is 0 Å². The van der Waals surface area contributed by atoms with Crippen LogP contribution in [0, 0.1) is 11.8 Å². The van der Waals surface area contributed by atoms with Gasteiger partial charge in [-0.25, -0.2) is 4.79 Å². The van der Waals surface area contributed by atoms with Gasteiger partial charge in [0.2, 0.25) is 5.91 Å². The zero-order valence-corrected chi connectivity index (χ0v) is 20.8. The molecule has 1 aromatic carbocycles. The molecule has 1 aliphatic heterocycles. The van der Waals surface area contributed by atoms with Crippen LogP contribution in [0.1, 0.15) is 63.1 Å². The number of carbonyl (C=O) groups is 2. The van der Waals surface area contributed by atoms with Gasteiger partial charge in [-0.1, -0.05) is 12.5 Å². The predicted molar refractivity (Wildman–Crippen MR) is 139 cm³/mol. The van der Waals surface area contributed by atoms with Crippen molar-refractivity contribution in [2.24, 2.45) is 17.6 Å². The van der Waals surface area contributed by atoms with Gasteiger partial charge in [-0.05, 0) is 87.2 Å².